The van der Waals surface area contributed by atoms with Crippen molar-refractivity contribution in [2.45, 2.75) is 32.4 Å². The topological polar surface area (TPSA) is 30.5 Å². The van der Waals surface area contributed by atoms with Gasteiger partial charge in [0.15, 0.2) is 0 Å². The van der Waals surface area contributed by atoms with Gasteiger partial charge < -0.3 is 14.8 Å². The molecule has 0 radical (unpaired) electrons. The Kier molecular flexibility index (Phi) is 6.34. The van der Waals surface area contributed by atoms with Crippen LogP contribution in [0.4, 0.5) is 0 Å². The predicted octanol–water partition coefficient (Wildman–Crippen LogP) is 2.74. The molecule has 1 aromatic carbocycles. The molecule has 1 aliphatic rings. The summed E-state index contributed by atoms with van der Waals surface area (Å²) in [5, 5.41) is 3.47. The average Bonchev–Trinajstić information content (AvgIpc) is 3.24. The summed E-state index contributed by atoms with van der Waals surface area (Å²) in [6, 6.07) is 8.42. The van der Waals surface area contributed by atoms with Crippen LogP contribution < -0.4 is 5.32 Å². The van der Waals surface area contributed by atoms with E-state index in [-0.39, 0.29) is 0 Å². The van der Waals surface area contributed by atoms with Crippen LogP contribution in [-0.2, 0) is 22.6 Å². The van der Waals surface area contributed by atoms with Crippen LogP contribution in [0.3, 0.4) is 0 Å². The van der Waals surface area contributed by atoms with Crippen molar-refractivity contribution in [1.29, 1.82) is 0 Å². The molecule has 106 valence electrons. The summed E-state index contributed by atoms with van der Waals surface area (Å²) in [6.07, 6.45) is 3.82. The standard InChI is InChI=1S/C16H25NO2/c1-18-13-16-6-3-2-5-15(16)11-17-9-4-10-19-12-14-7-8-14/h2-3,5-6,14,17H,4,7-13H2,1H3. The number of rotatable bonds is 10. The zero-order valence-corrected chi connectivity index (χ0v) is 11.9. The fourth-order valence-corrected chi connectivity index (χ4v) is 2.08. The molecule has 3 heteroatoms. The van der Waals surface area contributed by atoms with E-state index in [1.165, 1.54) is 24.0 Å². The number of nitrogens with one attached hydrogen (secondary N) is 1. The van der Waals surface area contributed by atoms with Gasteiger partial charge >= 0.3 is 0 Å². The molecule has 0 aliphatic heterocycles. The lowest BCUT2D eigenvalue weighted by Gasteiger charge is -2.10. The van der Waals surface area contributed by atoms with E-state index in [0.29, 0.717) is 6.61 Å². The maximum Gasteiger partial charge on any atom is 0.0716 e. The Bertz CT molecular complexity index is 364. The third-order valence-electron chi connectivity index (χ3n) is 3.43. The van der Waals surface area contributed by atoms with Gasteiger partial charge in [-0.05, 0) is 42.9 Å². The molecule has 1 aromatic rings. The fraction of sp³-hybridized carbons (Fsp3) is 0.625. The largest absolute Gasteiger partial charge is 0.381 e. The molecule has 0 spiro atoms. The Balaban J connectivity index is 1.56. The van der Waals surface area contributed by atoms with E-state index in [0.717, 1.165) is 38.6 Å². The van der Waals surface area contributed by atoms with Gasteiger partial charge in [-0.1, -0.05) is 24.3 Å². The maximum atomic E-state index is 5.61. The second-order valence-electron chi connectivity index (χ2n) is 5.25. The van der Waals surface area contributed by atoms with Gasteiger partial charge in [-0.3, -0.25) is 0 Å². The van der Waals surface area contributed by atoms with Crippen LogP contribution in [0.2, 0.25) is 0 Å². The highest BCUT2D eigenvalue weighted by atomic mass is 16.5. The minimum absolute atomic E-state index is 0.683. The first-order valence-corrected chi connectivity index (χ1v) is 7.24. The minimum Gasteiger partial charge on any atom is -0.381 e. The highest BCUT2D eigenvalue weighted by molar-refractivity contribution is 5.26. The molecule has 0 aromatic heterocycles. The minimum atomic E-state index is 0.683. The Morgan fingerprint density at radius 1 is 1.21 bits per heavy atom. The van der Waals surface area contributed by atoms with Crippen molar-refractivity contribution in [3.8, 4) is 0 Å². The molecule has 0 saturated heterocycles. The first kappa shape index (κ1) is 14.5. The van der Waals surface area contributed by atoms with Gasteiger partial charge in [0.25, 0.3) is 0 Å². The normalized spacial score (nSPS) is 14.8. The summed E-state index contributed by atoms with van der Waals surface area (Å²) in [4.78, 5) is 0. The molecular weight excluding hydrogens is 238 g/mol. The Hall–Kier alpha value is -0.900. The Labute approximate surface area is 116 Å². The maximum absolute atomic E-state index is 5.61. The highest BCUT2D eigenvalue weighted by Gasteiger charge is 2.20. The molecule has 1 N–H and O–H groups in total. The monoisotopic (exact) mass is 263 g/mol. The van der Waals surface area contributed by atoms with Crippen molar-refractivity contribution in [3.63, 3.8) is 0 Å². The zero-order chi connectivity index (χ0) is 13.3. The van der Waals surface area contributed by atoms with Gasteiger partial charge in [-0.15, -0.1) is 0 Å². The first-order valence-electron chi connectivity index (χ1n) is 7.24. The molecule has 0 amide bonds. The number of methoxy groups -OCH3 is 1. The summed E-state index contributed by atoms with van der Waals surface area (Å²) < 4.78 is 10.8. The van der Waals surface area contributed by atoms with E-state index in [4.69, 9.17) is 9.47 Å². The molecule has 0 heterocycles. The molecule has 3 nitrogen and oxygen atoms in total. The van der Waals surface area contributed by atoms with Gasteiger partial charge in [0.1, 0.15) is 0 Å². The second-order valence-corrected chi connectivity index (χ2v) is 5.25. The lowest BCUT2D eigenvalue weighted by atomic mass is 10.1. The molecular formula is C16H25NO2. The molecule has 2 rings (SSSR count). The van der Waals surface area contributed by atoms with E-state index in [9.17, 15) is 0 Å². The van der Waals surface area contributed by atoms with Crippen LogP contribution in [-0.4, -0.2) is 26.9 Å². The van der Waals surface area contributed by atoms with E-state index in [2.05, 4.69) is 29.6 Å². The molecule has 0 atom stereocenters. The predicted molar refractivity (Wildman–Crippen MR) is 77.0 cm³/mol. The first-order chi connectivity index (χ1) is 9.40. The van der Waals surface area contributed by atoms with Crippen molar-refractivity contribution >= 4 is 0 Å². The van der Waals surface area contributed by atoms with Gasteiger partial charge in [-0.2, -0.15) is 0 Å². The molecule has 0 bridgehead atoms. The average molecular weight is 263 g/mol. The number of ether oxygens (including phenoxy) is 2. The van der Waals surface area contributed by atoms with Crippen LogP contribution in [0.5, 0.6) is 0 Å². The summed E-state index contributed by atoms with van der Waals surface area (Å²) in [6.45, 7) is 4.44. The SMILES string of the molecule is COCc1ccccc1CNCCCOCC1CC1. The molecule has 1 aliphatic carbocycles. The van der Waals surface area contributed by atoms with Crippen molar-refractivity contribution < 1.29 is 9.47 Å². The van der Waals surface area contributed by atoms with Crippen LogP contribution >= 0.6 is 0 Å². The lowest BCUT2D eigenvalue weighted by molar-refractivity contribution is 0.122. The van der Waals surface area contributed by atoms with Crippen LogP contribution in [0.1, 0.15) is 30.4 Å². The van der Waals surface area contributed by atoms with Gasteiger partial charge in [0, 0.05) is 26.9 Å². The third-order valence-corrected chi connectivity index (χ3v) is 3.43. The third kappa shape index (κ3) is 5.72. The summed E-state index contributed by atoms with van der Waals surface area (Å²) >= 11 is 0. The number of hydrogen-bond donors (Lipinski definition) is 1. The summed E-state index contributed by atoms with van der Waals surface area (Å²) in [5.41, 5.74) is 2.59. The highest BCUT2D eigenvalue weighted by Crippen LogP contribution is 2.28. The van der Waals surface area contributed by atoms with E-state index < -0.39 is 0 Å². The van der Waals surface area contributed by atoms with E-state index >= 15 is 0 Å². The van der Waals surface area contributed by atoms with Crippen LogP contribution in [0.15, 0.2) is 24.3 Å². The van der Waals surface area contributed by atoms with Crippen molar-refractivity contribution in [2.24, 2.45) is 5.92 Å². The van der Waals surface area contributed by atoms with Crippen molar-refractivity contribution in [3.05, 3.63) is 35.4 Å². The van der Waals surface area contributed by atoms with Crippen LogP contribution in [0, 0.1) is 5.92 Å². The second kappa shape index (κ2) is 8.31. The molecule has 1 saturated carbocycles. The molecule has 19 heavy (non-hydrogen) atoms. The van der Waals surface area contributed by atoms with Gasteiger partial charge in [0.2, 0.25) is 0 Å². The Morgan fingerprint density at radius 2 is 2.00 bits per heavy atom. The zero-order valence-electron chi connectivity index (χ0n) is 11.9. The van der Waals surface area contributed by atoms with Crippen molar-refractivity contribution in [1.82, 2.24) is 5.32 Å². The van der Waals surface area contributed by atoms with Crippen LogP contribution in [0.25, 0.3) is 0 Å². The van der Waals surface area contributed by atoms with E-state index in [1.54, 1.807) is 7.11 Å². The Morgan fingerprint density at radius 3 is 2.74 bits per heavy atom. The summed E-state index contributed by atoms with van der Waals surface area (Å²) in [7, 11) is 1.74. The summed E-state index contributed by atoms with van der Waals surface area (Å²) in [5.74, 6) is 0.869. The number of hydrogen-bond acceptors (Lipinski definition) is 3. The lowest BCUT2D eigenvalue weighted by Crippen LogP contribution is -2.17. The smallest absolute Gasteiger partial charge is 0.0716 e. The van der Waals surface area contributed by atoms with Crippen molar-refractivity contribution in [2.75, 3.05) is 26.9 Å². The molecule has 1 fully saturated rings. The fourth-order valence-electron chi connectivity index (χ4n) is 2.08. The van der Waals surface area contributed by atoms with E-state index in [1.807, 2.05) is 0 Å². The quantitative estimate of drug-likeness (QED) is 0.658. The number of benzene rings is 1. The molecule has 0 unspecified atom stereocenters. The van der Waals surface area contributed by atoms with Gasteiger partial charge in [-0.25, -0.2) is 0 Å². The van der Waals surface area contributed by atoms with Gasteiger partial charge in [0.05, 0.1) is 6.61 Å².